The third kappa shape index (κ3) is 24.0. The second-order valence-electron chi connectivity index (χ2n) is 12.1. The van der Waals surface area contributed by atoms with Crippen LogP contribution in [0.4, 0.5) is 9.59 Å². The van der Waals surface area contributed by atoms with Gasteiger partial charge in [-0.05, 0) is 6.42 Å². The number of carbonyl (C=O) groups is 3. The predicted molar refractivity (Wildman–Crippen MR) is 163 cm³/mol. The molecule has 0 radical (unpaired) electrons. The van der Waals surface area contributed by atoms with Gasteiger partial charge in [0.15, 0.2) is 0 Å². The zero-order valence-corrected chi connectivity index (χ0v) is 26.9. The van der Waals surface area contributed by atoms with Crippen LogP contribution in [0.15, 0.2) is 0 Å². The highest BCUT2D eigenvalue weighted by Gasteiger charge is 2.24. The van der Waals surface area contributed by atoms with Gasteiger partial charge in [0.1, 0.15) is 12.7 Å². The van der Waals surface area contributed by atoms with E-state index in [1.54, 1.807) is 0 Å². The fourth-order valence-corrected chi connectivity index (χ4v) is 4.43. The monoisotopic (exact) mass is 571 g/mol. The van der Waals surface area contributed by atoms with Crippen LogP contribution >= 0.6 is 0 Å². The van der Waals surface area contributed by atoms with Crippen molar-refractivity contribution in [2.75, 3.05) is 61.0 Å². The minimum absolute atomic E-state index is 0.00838. The van der Waals surface area contributed by atoms with Crippen molar-refractivity contribution in [3.05, 3.63) is 0 Å². The van der Waals surface area contributed by atoms with E-state index < -0.39 is 24.1 Å². The van der Waals surface area contributed by atoms with Gasteiger partial charge in [-0.1, -0.05) is 103 Å². The number of alkyl carbamates (subject to hydrolysis) is 1. The highest BCUT2D eigenvalue weighted by molar-refractivity contribution is 5.93. The van der Waals surface area contributed by atoms with Gasteiger partial charge in [-0.3, -0.25) is 9.69 Å². The summed E-state index contributed by atoms with van der Waals surface area (Å²) in [7, 11) is 7.55. The molecule has 0 aliphatic carbocycles. The van der Waals surface area contributed by atoms with Crippen molar-refractivity contribution >= 4 is 18.0 Å². The van der Waals surface area contributed by atoms with Crippen LogP contribution in [-0.4, -0.2) is 94.6 Å². The number of amides is 4. The van der Waals surface area contributed by atoms with Gasteiger partial charge in [0.2, 0.25) is 5.91 Å². The van der Waals surface area contributed by atoms with E-state index in [9.17, 15) is 14.4 Å². The molecule has 0 spiro atoms. The minimum atomic E-state index is -0.602. The zero-order valence-electron chi connectivity index (χ0n) is 26.9. The van der Waals surface area contributed by atoms with Gasteiger partial charge in [-0.25, -0.2) is 9.59 Å². The first-order chi connectivity index (χ1) is 19.1. The zero-order chi connectivity index (χ0) is 30.1. The highest BCUT2D eigenvalue weighted by Crippen LogP contribution is 2.13. The second kappa shape index (κ2) is 24.9. The molecule has 40 heavy (non-hydrogen) atoms. The smallest absolute Gasteiger partial charge is 0.407 e. The fraction of sp³-hybridized carbons (Fsp3) is 0.903. The van der Waals surface area contributed by atoms with Crippen molar-refractivity contribution in [2.45, 2.75) is 123 Å². The Hall–Kier alpha value is -1.87. The van der Waals surface area contributed by atoms with Gasteiger partial charge in [0, 0.05) is 20.6 Å². The topological polar surface area (TPSA) is 97.0 Å². The summed E-state index contributed by atoms with van der Waals surface area (Å²) in [6.45, 7) is 5.31. The summed E-state index contributed by atoms with van der Waals surface area (Å²) in [6, 6.07) is -0.476. The third-order valence-electron chi connectivity index (χ3n) is 7.10. The van der Waals surface area contributed by atoms with Crippen LogP contribution in [-0.2, 0) is 14.3 Å². The fourth-order valence-electron chi connectivity index (χ4n) is 4.43. The predicted octanol–water partition coefficient (Wildman–Crippen LogP) is 6.25. The summed E-state index contributed by atoms with van der Waals surface area (Å²) < 4.78 is 11.3. The van der Waals surface area contributed by atoms with E-state index >= 15 is 0 Å². The van der Waals surface area contributed by atoms with Gasteiger partial charge in [-0.2, -0.15) is 0 Å². The van der Waals surface area contributed by atoms with Crippen molar-refractivity contribution in [1.29, 1.82) is 0 Å². The molecule has 2 N–H and O–H groups in total. The number of quaternary nitrogens is 1. The Morgan fingerprint density at radius 2 is 1.20 bits per heavy atom. The van der Waals surface area contributed by atoms with E-state index in [1.807, 2.05) is 21.1 Å². The first-order valence-corrected chi connectivity index (χ1v) is 15.9. The normalized spacial score (nSPS) is 12.2. The molecule has 0 bridgehead atoms. The molecule has 0 heterocycles. The van der Waals surface area contributed by atoms with Gasteiger partial charge >= 0.3 is 12.1 Å². The summed E-state index contributed by atoms with van der Waals surface area (Å²) in [5.41, 5.74) is 0. The van der Waals surface area contributed by atoms with Gasteiger partial charge in [-0.15, -0.1) is 0 Å². The van der Waals surface area contributed by atoms with Crippen LogP contribution in [0.3, 0.4) is 0 Å². The van der Waals surface area contributed by atoms with Crippen molar-refractivity contribution in [2.24, 2.45) is 0 Å². The maximum Gasteiger partial charge on any atom is 0.407 e. The first kappa shape index (κ1) is 38.1. The van der Waals surface area contributed by atoms with Crippen molar-refractivity contribution in [1.82, 2.24) is 15.5 Å². The van der Waals surface area contributed by atoms with Crippen molar-refractivity contribution in [3.63, 3.8) is 0 Å². The van der Waals surface area contributed by atoms with Crippen LogP contribution < -0.4 is 10.6 Å². The van der Waals surface area contributed by atoms with Crippen LogP contribution in [0.2, 0.25) is 0 Å². The molecule has 9 nitrogen and oxygen atoms in total. The summed E-state index contributed by atoms with van der Waals surface area (Å²) >= 11 is 0. The average Bonchev–Trinajstić information content (AvgIpc) is 2.89. The highest BCUT2D eigenvalue weighted by atomic mass is 16.6. The summed E-state index contributed by atoms with van der Waals surface area (Å²) in [6.07, 6.45) is 19.9. The molecular formula is C31H63N4O5+. The Kier molecular flexibility index (Phi) is 23.7. The lowest BCUT2D eigenvalue weighted by atomic mass is 10.0. The molecule has 0 saturated heterocycles. The molecule has 1 unspecified atom stereocenters. The number of methoxy groups -OCH3 is 1. The number of likely N-dealkylation sites (N-methyl/N-ethyl adjacent to an activating group) is 1. The molecule has 0 aromatic heterocycles. The summed E-state index contributed by atoms with van der Waals surface area (Å²) in [5.74, 6) is -0.391. The molecule has 0 aromatic rings. The van der Waals surface area contributed by atoms with Gasteiger partial charge in [0.05, 0.1) is 40.8 Å². The molecule has 4 amide bonds. The molecular weight excluding hydrogens is 508 g/mol. The number of nitrogens with one attached hydrogen (secondary N) is 2. The largest absolute Gasteiger partial charge is 0.447 e. The number of imide groups is 1. The lowest BCUT2D eigenvalue weighted by Crippen LogP contribution is -2.50. The number of rotatable bonds is 25. The Morgan fingerprint density at radius 1 is 0.725 bits per heavy atom. The third-order valence-corrected chi connectivity index (χ3v) is 7.10. The van der Waals surface area contributed by atoms with E-state index in [-0.39, 0.29) is 13.2 Å². The number of urea groups is 1. The van der Waals surface area contributed by atoms with E-state index in [2.05, 4.69) is 17.6 Å². The molecule has 0 aliphatic rings. The quantitative estimate of drug-likeness (QED) is 0.0997. The molecule has 1 atom stereocenters. The number of nitrogens with zero attached hydrogens (tertiary/aromatic N) is 2. The maximum atomic E-state index is 12.5. The van der Waals surface area contributed by atoms with Gasteiger partial charge in [0.25, 0.3) is 0 Å². The lowest BCUT2D eigenvalue weighted by Gasteiger charge is -2.26. The Bertz CT molecular complexity index is 654. The number of unbranched alkanes of at least 4 members (excludes halogenated alkanes) is 15. The lowest BCUT2D eigenvalue weighted by molar-refractivity contribution is -0.869. The average molecular weight is 572 g/mol. The summed E-state index contributed by atoms with van der Waals surface area (Å²) in [4.78, 5) is 37.6. The molecule has 0 aromatic carbocycles. The van der Waals surface area contributed by atoms with E-state index in [0.29, 0.717) is 17.6 Å². The summed E-state index contributed by atoms with van der Waals surface area (Å²) in [5, 5.41) is 5.54. The first-order valence-electron chi connectivity index (χ1n) is 15.9. The van der Waals surface area contributed by atoms with Crippen LogP contribution in [0, 0.1) is 0 Å². The van der Waals surface area contributed by atoms with E-state index in [0.717, 1.165) is 24.3 Å². The minimum Gasteiger partial charge on any atom is -0.447 e. The Labute approximate surface area is 245 Å². The standard InChI is InChI=1S/C31H62N4O5/c1-7-8-9-10-11-12-13-14-15-16-17-18-19-20-21-22-23-33-31(38)40-27-29(39-6)26-34(28(2)36)30(37)32-24-25-35(3,4)5/h29H,7-27H2,1-6H3,(H-,32,33,37,38)/p+1. The molecule has 9 heteroatoms. The number of hydrogen-bond acceptors (Lipinski definition) is 5. The van der Waals surface area contributed by atoms with Crippen LogP contribution in [0.25, 0.3) is 0 Å². The molecule has 0 saturated carbocycles. The number of ether oxygens (including phenoxy) is 2. The van der Waals surface area contributed by atoms with Crippen LogP contribution in [0.1, 0.15) is 117 Å². The van der Waals surface area contributed by atoms with Crippen LogP contribution in [0.5, 0.6) is 0 Å². The Morgan fingerprint density at radius 3 is 1.62 bits per heavy atom. The second-order valence-corrected chi connectivity index (χ2v) is 12.1. The van der Waals surface area contributed by atoms with E-state index in [1.165, 1.54) is 104 Å². The SMILES string of the molecule is CCCCCCCCCCCCCCCCCCNC(=O)OCC(CN(C(C)=O)C(=O)NCC[N+](C)(C)C)OC. The van der Waals surface area contributed by atoms with Gasteiger partial charge < -0.3 is 24.6 Å². The van der Waals surface area contributed by atoms with E-state index in [4.69, 9.17) is 9.47 Å². The maximum absolute atomic E-state index is 12.5. The number of hydrogen-bond donors (Lipinski definition) is 2. The molecule has 0 rings (SSSR count). The van der Waals surface area contributed by atoms with Crippen molar-refractivity contribution in [3.8, 4) is 0 Å². The molecule has 0 fully saturated rings. The Balaban J connectivity index is 3.82. The van der Waals surface area contributed by atoms with Crippen molar-refractivity contribution < 1.29 is 28.3 Å². The molecule has 0 aliphatic heterocycles. The molecule has 236 valence electrons. The number of carbonyl (C=O) groups excluding carboxylic acids is 3.